The van der Waals surface area contributed by atoms with Gasteiger partial charge in [0, 0.05) is 29.3 Å². The average molecular weight is 480 g/mol. The molecular weight excluding hydrogens is 465 g/mol. The van der Waals surface area contributed by atoms with Crippen LogP contribution in [0.1, 0.15) is 5.56 Å². The maximum absolute atomic E-state index is 12.4. The van der Waals surface area contributed by atoms with E-state index in [2.05, 4.69) is 15.3 Å². The van der Waals surface area contributed by atoms with Crippen LogP contribution in [-0.4, -0.2) is 16.1 Å². The Labute approximate surface area is 196 Å². The van der Waals surface area contributed by atoms with Crippen LogP contribution in [0, 0.1) is 6.92 Å². The van der Waals surface area contributed by atoms with E-state index < -0.39 is 11.7 Å². The third kappa shape index (κ3) is 4.16. The Morgan fingerprint density at radius 2 is 1.85 bits per heavy atom. The molecule has 0 spiro atoms. The molecule has 2 N–H and O–H groups in total. The zero-order valence-corrected chi connectivity index (χ0v) is 18.6. The highest BCUT2D eigenvalue weighted by molar-refractivity contribution is 6.39. The van der Waals surface area contributed by atoms with E-state index in [1.165, 1.54) is 6.07 Å². The summed E-state index contributed by atoms with van der Waals surface area (Å²) in [5.41, 5.74) is 3.05. The van der Waals surface area contributed by atoms with Gasteiger partial charge in [0.15, 0.2) is 0 Å². The fraction of sp³-hybridized carbons (Fsp3) is 0.0417. The van der Waals surface area contributed by atoms with Gasteiger partial charge in [0.05, 0.1) is 26.6 Å². The van der Waals surface area contributed by atoms with E-state index in [4.69, 9.17) is 32.4 Å². The summed E-state index contributed by atoms with van der Waals surface area (Å²) < 4.78 is 10.6. The van der Waals surface area contributed by atoms with Gasteiger partial charge < -0.3 is 14.1 Å². The number of nitrogens with one attached hydrogen (secondary N) is 2. The Kier molecular flexibility index (Phi) is 5.28. The molecule has 164 valence electrons. The van der Waals surface area contributed by atoms with Crippen LogP contribution in [0.2, 0.25) is 10.0 Å². The molecule has 5 aromatic rings. The molecule has 0 saturated carbocycles. The van der Waals surface area contributed by atoms with Crippen molar-refractivity contribution in [3.8, 4) is 17.1 Å². The molecule has 0 atom stereocenters. The molecule has 0 fully saturated rings. The minimum atomic E-state index is -0.697. The van der Waals surface area contributed by atoms with Gasteiger partial charge in [-0.15, -0.1) is 0 Å². The van der Waals surface area contributed by atoms with E-state index in [0.717, 1.165) is 10.9 Å². The molecule has 9 heteroatoms. The molecule has 0 bridgehead atoms. The summed E-state index contributed by atoms with van der Waals surface area (Å²) in [5, 5.41) is 4.36. The van der Waals surface area contributed by atoms with Crippen molar-refractivity contribution in [1.29, 1.82) is 0 Å². The lowest BCUT2D eigenvalue weighted by atomic mass is 10.1. The SMILES string of the molecule is Cc1cc(=O)oc2cc(NC(=O)Oc3ccc4nc(-c5c(Cl)cccc5Cl)[nH]c4c3)ccc12. The first kappa shape index (κ1) is 21.1. The molecule has 0 saturated heterocycles. The predicted molar refractivity (Wildman–Crippen MR) is 128 cm³/mol. The van der Waals surface area contributed by atoms with Crippen LogP contribution in [0.3, 0.4) is 0 Å². The van der Waals surface area contributed by atoms with Crippen LogP contribution in [-0.2, 0) is 0 Å². The number of halogens is 2. The van der Waals surface area contributed by atoms with Gasteiger partial charge in [-0.05, 0) is 48.9 Å². The normalized spacial score (nSPS) is 11.1. The van der Waals surface area contributed by atoms with Crippen LogP contribution in [0.5, 0.6) is 5.75 Å². The second-order valence-electron chi connectivity index (χ2n) is 7.33. The minimum absolute atomic E-state index is 0.309. The van der Waals surface area contributed by atoms with E-state index in [9.17, 15) is 9.59 Å². The van der Waals surface area contributed by atoms with Gasteiger partial charge >= 0.3 is 11.7 Å². The van der Waals surface area contributed by atoms with E-state index in [1.807, 2.05) is 6.92 Å². The van der Waals surface area contributed by atoms with E-state index in [0.29, 0.717) is 49.5 Å². The summed E-state index contributed by atoms with van der Waals surface area (Å²) in [6.07, 6.45) is -0.697. The highest BCUT2D eigenvalue weighted by Crippen LogP contribution is 2.34. The summed E-state index contributed by atoms with van der Waals surface area (Å²) in [6, 6.07) is 16.7. The highest BCUT2D eigenvalue weighted by Gasteiger charge is 2.14. The smallest absolute Gasteiger partial charge is 0.417 e. The molecule has 1 amide bonds. The summed E-state index contributed by atoms with van der Waals surface area (Å²) >= 11 is 12.6. The first-order valence-electron chi connectivity index (χ1n) is 9.85. The maximum Gasteiger partial charge on any atom is 0.417 e. The van der Waals surface area contributed by atoms with Crippen LogP contribution in [0.4, 0.5) is 10.5 Å². The molecule has 2 heterocycles. The molecule has 3 aromatic carbocycles. The first-order chi connectivity index (χ1) is 15.9. The van der Waals surface area contributed by atoms with Gasteiger partial charge in [0.25, 0.3) is 0 Å². The van der Waals surface area contributed by atoms with Crippen LogP contribution >= 0.6 is 23.2 Å². The number of anilines is 1. The minimum Gasteiger partial charge on any atom is -0.423 e. The number of fused-ring (bicyclic) bond motifs is 2. The quantitative estimate of drug-likeness (QED) is 0.285. The Balaban J connectivity index is 1.37. The lowest BCUT2D eigenvalue weighted by Crippen LogP contribution is -2.16. The lowest BCUT2D eigenvalue weighted by molar-refractivity contribution is 0.215. The standard InChI is InChI=1S/C24H15Cl2N3O4/c1-12-9-21(30)33-20-10-13(5-7-15(12)20)27-24(31)32-14-6-8-18-19(11-14)29-23(28-18)22-16(25)3-2-4-17(22)26/h2-11H,1H3,(H,27,31)(H,28,29). The number of nitrogens with zero attached hydrogens (tertiary/aromatic N) is 1. The Morgan fingerprint density at radius 1 is 1.06 bits per heavy atom. The van der Waals surface area contributed by atoms with Gasteiger partial charge in [-0.1, -0.05) is 29.3 Å². The molecular formula is C24H15Cl2N3O4. The average Bonchev–Trinajstić information content (AvgIpc) is 3.16. The van der Waals surface area contributed by atoms with Crippen molar-refractivity contribution >= 4 is 57.0 Å². The molecule has 0 unspecified atom stereocenters. The van der Waals surface area contributed by atoms with Crippen LogP contribution in [0.15, 0.2) is 69.9 Å². The Hall–Kier alpha value is -3.81. The largest absolute Gasteiger partial charge is 0.423 e. The number of benzene rings is 3. The number of carbonyl (C=O) groups is 1. The first-order valence-corrected chi connectivity index (χ1v) is 10.6. The molecule has 0 aliphatic heterocycles. The summed E-state index contributed by atoms with van der Waals surface area (Å²) in [4.78, 5) is 31.7. The predicted octanol–water partition coefficient (Wildman–Crippen LogP) is 6.56. The number of carbonyl (C=O) groups excluding carboxylic acids is 1. The van der Waals surface area contributed by atoms with Gasteiger partial charge in [-0.25, -0.2) is 14.6 Å². The van der Waals surface area contributed by atoms with Crippen molar-refractivity contribution in [2.45, 2.75) is 6.92 Å². The van der Waals surface area contributed by atoms with E-state index in [-0.39, 0.29) is 0 Å². The molecule has 5 rings (SSSR count). The number of hydrogen-bond donors (Lipinski definition) is 2. The van der Waals surface area contributed by atoms with Gasteiger partial charge in [0.1, 0.15) is 17.2 Å². The van der Waals surface area contributed by atoms with Crippen LogP contribution < -0.4 is 15.7 Å². The topological polar surface area (TPSA) is 97.2 Å². The number of imidazole rings is 1. The number of aryl methyl sites for hydroxylation is 1. The lowest BCUT2D eigenvalue weighted by Gasteiger charge is -2.08. The number of rotatable bonds is 3. The number of ether oxygens (including phenoxy) is 1. The molecule has 2 aromatic heterocycles. The van der Waals surface area contributed by atoms with E-state index in [1.54, 1.807) is 54.6 Å². The molecule has 33 heavy (non-hydrogen) atoms. The van der Waals surface area contributed by atoms with Crippen molar-refractivity contribution < 1.29 is 13.9 Å². The fourth-order valence-electron chi connectivity index (χ4n) is 3.55. The van der Waals surface area contributed by atoms with Crippen molar-refractivity contribution in [1.82, 2.24) is 9.97 Å². The van der Waals surface area contributed by atoms with Gasteiger partial charge in [0.2, 0.25) is 0 Å². The van der Waals surface area contributed by atoms with Gasteiger partial charge in [-0.2, -0.15) is 0 Å². The second-order valence-corrected chi connectivity index (χ2v) is 8.15. The third-order valence-corrected chi connectivity index (χ3v) is 5.69. The second kappa shape index (κ2) is 8.27. The van der Waals surface area contributed by atoms with Crippen molar-refractivity contribution in [2.24, 2.45) is 0 Å². The van der Waals surface area contributed by atoms with Crippen LogP contribution in [0.25, 0.3) is 33.4 Å². The molecule has 0 aliphatic carbocycles. The molecule has 0 aliphatic rings. The van der Waals surface area contributed by atoms with Crippen molar-refractivity contribution in [3.05, 3.63) is 86.7 Å². The van der Waals surface area contributed by atoms with Crippen molar-refractivity contribution in [3.63, 3.8) is 0 Å². The maximum atomic E-state index is 12.4. The number of H-pyrrole nitrogens is 1. The molecule has 0 radical (unpaired) electrons. The summed E-state index contributed by atoms with van der Waals surface area (Å²) in [5.74, 6) is 0.818. The summed E-state index contributed by atoms with van der Waals surface area (Å²) in [6.45, 7) is 1.82. The van der Waals surface area contributed by atoms with Gasteiger partial charge in [-0.3, -0.25) is 5.32 Å². The number of amides is 1. The highest BCUT2D eigenvalue weighted by atomic mass is 35.5. The van der Waals surface area contributed by atoms with Crippen molar-refractivity contribution in [2.75, 3.05) is 5.32 Å². The number of aromatic nitrogens is 2. The molecule has 7 nitrogen and oxygen atoms in total. The zero-order chi connectivity index (χ0) is 23.1. The number of aromatic amines is 1. The van der Waals surface area contributed by atoms with E-state index >= 15 is 0 Å². The third-order valence-electron chi connectivity index (χ3n) is 5.06. The number of hydrogen-bond acceptors (Lipinski definition) is 5. The Morgan fingerprint density at radius 3 is 2.64 bits per heavy atom. The monoisotopic (exact) mass is 479 g/mol. The zero-order valence-electron chi connectivity index (χ0n) is 17.1. The Bertz CT molecular complexity index is 1590. The fourth-order valence-corrected chi connectivity index (χ4v) is 4.12. The summed E-state index contributed by atoms with van der Waals surface area (Å²) in [7, 11) is 0.